The van der Waals surface area contributed by atoms with Gasteiger partial charge in [-0.1, -0.05) is 11.6 Å². The van der Waals surface area contributed by atoms with E-state index >= 15 is 0 Å². The molecule has 0 radical (unpaired) electrons. The molecule has 1 saturated heterocycles. The highest BCUT2D eigenvalue weighted by molar-refractivity contribution is 6.31. The third kappa shape index (κ3) is 3.64. The van der Waals surface area contributed by atoms with Crippen LogP contribution in [0.5, 0.6) is 0 Å². The fourth-order valence-electron chi connectivity index (χ4n) is 2.80. The first kappa shape index (κ1) is 16.6. The van der Waals surface area contributed by atoms with Crippen LogP contribution in [0.3, 0.4) is 0 Å². The number of hydrogen-bond donors (Lipinski definition) is 1. The molecule has 1 fully saturated rings. The number of benzene rings is 1. The van der Waals surface area contributed by atoms with Crippen LogP contribution in [-0.2, 0) is 4.74 Å². The van der Waals surface area contributed by atoms with Crippen molar-refractivity contribution in [2.45, 2.75) is 25.8 Å². The van der Waals surface area contributed by atoms with Gasteiger partial charge in [0.05, 0.1) is 6.61 Å². The third-order valence-corrected chi connectivity index (χ3v) is 4.29. The van der Waals surface area contributed by atoms with Crippen molar-refractivity contribution < 1.29 is 18.7 Å². The molecule has 7 heteroatoms. The summed E-state index contributed by atoms with van der Waals surface area (Å²) in [4.78, 5) is 25.7. The van der Waals surface area contributed by atoms with Crippen LogP contribution >= 0.6 is 11.6 Å². The SMILES string of the molecule is CCOC(=O)N1CCC(NC(=O)c2cc3cc(Cl)ccc3o2)CC1. The number of amides is 2. The van der Waals surface area contributed by atoms with Gasteiger partial charge in [0.2, 0.25) is 0 Å². The Morgan fingerprint density at radius 3 is 2.79 bits per heavy atom. The summed E-state index contributed by atoms with van der Waals surface area (Å²) in [6, 6.07) is 6.92. The van der Waals surface area contributed by atoms with E-state index in [1.54, 1.807) is 36.1 Å². The highest BCUT2D eigenvalue weighted by Gasteiger charge is 2.25. The monoisotopic (exact) mass is 350 g/mol. The lowest BCUT2D eigenvalue weighted by molar-refractivity contribution is 0.0842. The second kappa shape index (κ2) is 7.13. The van der Waals surface area contributed by atoms with Gasteiger partial charge < -0.3 is 19.4 Å². The summed E-state index contributed by atoms with van der Waals surface area (Å²) in [5.41, 5.74) is 0.627. The summed E-state index contributed by atoms with van der Waals surface area (Å²) in [7, 11) is 0. The number of fused-ring (bicyclic) bond motifs is 1. The molecule has 3 rings (SSSR count). The average molecular weight is 351 g/mol. The molecule has 2 aromatic rings. The minimum atomic E-state index is -0.295. The number of likely N-dealkylation sites (tertiary alicyclic amines) is 1. The Balaban J connectivity index is 1.58. The van der Waals surface area contributed by atoms with Gasteiger partial charge in [-0.15, -0.1) is 0 Å². The van der Waals surface area contributed by atoms with Gasteiger partial charge in [-0.25, -0.2) is 4.79 Å². The maximum absolute atomic E-state index is 12.3. The highest BCUT2D eigenvalue weighted by Crippen LogP contribution is 2.23. The number of carbonyl (C=O) groups is 2. The van der Waals surface area contributed by atoms with Crippen LogP contribution in [0.1, 0.15) is 30.3 Å². The molecule has 128 valence electrons. The molecule has 0 aliphatic carbocycles. The Morgan fingerprint density at radius 2 is 2.08 bits per heavy atom. The molecule has 0 spiro atoms. The van der Waals surface area contributed by atoms with Crippen LogP contribution in [0.25, 0.3) is 11.0 Å². The van der Waals surface area contributed by atoms with E-state index in [-0.39, 0.29) is 23.8 Å². The summed E-state index contributed by atoms with van der Waals surface area (Å²) in [6.45, 7) is 3.29. The van der Waals surface area contributed by atoms with E-state index in [1.807, 2.05) is 0 Å². The van der Waals surface area contributed by atoms with Crippen LogP contribution in [0, 0.1) is 0 Å². The average Bonchev–Trinajstić information content (AvgIpc) is 2.99. The smallest absolute Gasteiger partial charge is 0.409 e. The molecular formula is C17H19ClN2O4. The fourth-order valence-corrected chi connectivity index (χ4v) is 2.98. The number of piperidine rings is 1. The van der Waals surface area contributed by atoms with E-state index in [4.69, 9.17) is 20.8 Å². The molecule has 1 aromatic heterocycles. The zero-order chi connectivity index (χ0) is 17.1. The van der Waals surface area contributed by atoms with Crippen molar-refractivity contribution in [3.8, 4) is 0 Å². The van der Waals surface area contributed by atoms with Gasteiger partial charge in [0.25, 0.3) is 5.91 Å². The predicted molar refractivity (Wildman–Crippen MR) is 90.3 cm³/mol. The van der Waals surface area contributed by atoms with Gasteiger partial charge in [-0.3, -0.25) is 4.79 Å². The van der Waals surface area contributed by atoms with Gasteiger partial charge in [-0.2, -0.15) is 0 Å². The zero-order valence-corrected chi connectivity index (χ0v) is 14.1. The molecular weight excluding hydrogens is 332 g/mol. The number of nitrogens with one attached hydrogen (secondary N) is 1. The first-order valence-electron chi connectivity index (χ1n) is 7.98. The molecule has 1 aliphatic rings. The lowest BCUT2D eigenvalue weighted by atomic mass is 10.1. The standard InChI is InChI=1S/C17H19ClN2O4/c1-2-23-17(22)20-7-5-13(6-8-20)19-16(21)15-10-11-9-12(18)3-4-14(11)24-15/h3-4,9-10,13H,2,5-8H2,1H3,(H,19,21). The molecule has 0 saturated carbocycles. The molecule has 6 nitrogen and oxygen atoms in total. The Hall–Kier alpha value is -2.21. The zero-order valence-electron chi connectivity index (χ0n) is 13.4. The van der Waals surface area contributed by atoms with E-state index in [2.05, 4.69) is 5.32 Å². The van der Waals surface area contributed by atoms with Crippen molar-refractivity contribution in [3.05, 3.63) is 35.0 Å². The first-order valence-corrected chi connectivity index (χ1v) is 8.36. The Kier molecular flexibility index (Phi) is 4.94. The highest BCUT2D eigenvalue weighted by atomic mass is 35.5. The van der Waals surface area contributed by atoms with Crippen molar-refractivity contribution >= 4 is 34.6 Å². The summed E-state index contributed by atoms with van der Waals surface area (Å²) >= 11 is 5.94. The largest absolute Gasteiger partial charge is 0.451 e. The van der Waals surface area contributed by atoms with Gasteiger partial charge in [0.15, 0.2) is 5.76 Å². The van der Waals surface area contributed by atoms with E-state index in [0.717, 1.165) is 5.39 Å². The van der Waals surface area contributed by atoms with E-state index in [9.17, 15) is 9.59 Å². The van der Waals surface area contributed by atoms with Crippen molar-refractivity contribution in [2.24, 2.45) is 0 Å². The number of carbonyl (C=O) groups excluding carboxylic acids is 2. The molecule has 1 N–H and O–H groups in total. The Morgan fingerprint density at radius 1 is 1.33 bits per heavy atom. The number of nitrogens with zero attached hydrogens (tertiary/aromatic N) is 1. The van der Waals surface area contributed by atoms with Crippen LogP contribution in [0.4, 0.5) is 4.79 Å². The van der Waals surface area contributed by atoms with E-state index < -0.39 is 0 Å². The summed E-state index contributed by atoms with van der Waals surface area (Å²) < 4.78 is 10.5. The maximum atomic E-state index is 12.3. The lowest BCUT2D eigenvalue weighted by Crippen LogP contribution is -2.46. The van der Waals surface area contributed by atoms with Crippen molar-refractivity contribution in [1.29, 1.82) is 0 Å². The molecule has 2 amide bonds. The second-order valence-electron chi connectivity index (χ2n) is 5.73. The molecule has 0 bridgehead atoms. The molecule has 24 heavy (non-hydrogen) atoms. The molecule has 0 unspecified atom stereocenters. The predicted octanol–water partition coefficient (Wildman–Crippen LogP) is 3.44. The van der Waals surface area contributed by atoms with E-state index in [0.29, 0.717) is 43.1 Å². The first-order chi connectivity index (χ1) is 11.6. The van der Waals surface area contributed by atoms with Crippen LogP contribution in [-0.4, -0.2) is 42.6 Å². The third-order valence-electron chi connectivity index (χ3n) is 4.06. The summed E-state index contributed by atoms with van der Waals surface area (Å²) in [6.07, 6.45) is 1.09. The normalized spacial score (nSPS) is 15.5. The minimum Gasteiger partial charge on any atom is -0.451 e. The van der Waals surface area contributed by atoms with Crippen LogP contribution in [0.15, 0.2) is 28.7 Å². The summed E-state index contributed by atoms with van der Waals surface area (Å²) in [5, 5.41) is 4.35. The Labute approximate surface area is 144 Å². The number of rotatable bonds is 3. The lowest BCUT2D eigenvalue weighted by Gasteiger charge is -2.31. The van der Waals surface area contributed by atoms with Gasteiger partial charge in [0, 0.05) is 29.5 Å². The number of halogens is 1. The quantitative estimate of drug-likeness (QED) is 0.920. The van der Waals surface area contributed by atoms with Crippen molar-refractivity contribution in [2.75, 3.05) is 19.7 Å². The molecule has 2 heterocycles. The van der Waals surface area contributed by atoms with Crippen LogP contribution in [0.2, 0.25) is 5.02 Å². The van der Waals surface area contributed by atoms with Crippen molar-refractivity contribution in [3.63, 3.8) is 0 Å². The van der Waals surface area contributed by atoms with E-state index in [1.165, 1.54) is 0 Å². The minimum absolute atomic E-state index is 0.0139. The molecule has 1 aliphatic heterocycles. The Bertz CT molecular complexity index is 750. The van der Waals surface area contributed by atoms with Crippen LogP contribution < -0.4 is 5.32 Å². The number of ether oxygens (including phenoxy) is 1. The second-order valence-corrected chi connectivity index (χ2v) is 6.16. The topological polar surface area (TPSA) is 71.8 Å². The van der Waals surface area contributed by atoms with Crippen molar-refractivity contribution in [1.82, 2.24) is 10.2 Å². The number of hydrogen-bond acceptors (Lipinski definition) is 4. The number of furan rings is 1. The summed E-state index contributed by atoms with van der Waals surface area (Å²) in [5.74, 6) is 0.0111. The molecule has 0 atom stereocenters. The maximum Gasteiger partial charge on any atom is 0.409 e. The fraction of sp³-hybridized carbons (Fsp3) is 0.412. The molecule has 1 aromatic carbocycles. The van der Waals surface area contributed by atoms with Gasteiger partial charge >= 0.3 is 6.09 Å². The van der Waals surface area contributed by atoms with Gasteiger partial charge in [-0.05, 0) is 44.0 Å². The van der Waals surface area contributed by atoms with Gasteiger partial charge in [0.1, 0.15) is 5.58 Å².